The molecule has 0 aliphatic carbocycles. The molecule has 2 rings (SSSR count). The number of hydrogen-bond acceptors (Lipinski definition) is 4. The highest BCUT2D eigenvalue weighted by atomic mass is 16.6. The van der Waals surface area contributed by atoms with Crippen molar-refractivity contribution in [2.24, 2.45) is 0 Å². The lowest BCUT2D eigenvalue weighted by atomic mass is 10.1. The van der Waals surface area contributed by atoms with Gasteiger partial charge in [0.15, 0.2) is 0 Å². The summed E-state index contributed by atoms with van der Waals surface area (Å²) in [5.41, 5.74) is 1.76. The van der Waals surface area contributed by atoms with E-state index in [0.29, 0.717) is 13.0 Å². The summed E-state index contributed by atoms with van der Waals surface area (Å²) in [6, 6.07) is 15.7. The Morgan fingerprint density at radius 2 is 1.75 bits per heavy atom. The lowest BCUT2D eigenvalue weighted by molar-refractivity contribution is -0.384. The Hall–Kier alpha value is -2.40. The van der Waals surface area contributed by atoms with Crippen LogP contribution in [-0.4, -0.2) is 16.6 Å². The molecule has 0 aromatic heterocycles. The van der Waals surface area contributed by atoms with Crippen LogP contribution in [0.2, 0.25) is 0 Å². The molecule has 2 aromatic carbocycles. The molecular formula is C15H16N2O3. The first-order chi connectivity index (χ1) is 9.66. The van der Waals surface area contributed by atoms with Crippen LogP contribution in [0.5, 0.6) is 0 Å². The Balaban J connectivity index is 1.82. The summed E-state index contributed by atoms with van der Waals surface area (Å²) in [6.45, 7) is 0.591. The fraction of sp³-hybridized carbons (Fsp3) is 0.200. The van der Waals surface area contributed by atoms with E-state index in [-0.39, 0.29) is 5.69 Å². The van der Waals surface area contributed by atoms with E-state index in [1.807, 2.05) is 30.3 Å². The van der Waals surface area contributed by atoms with Gasteiger partial charge >= 0.3 is 0 Å². The van der Waals surface area contributed by atoms with E-state index in [0.717, 1.165) is 11.3 Å². The zero-order valence-electron chi connectivity index (χ0n) is 10.9. The lowest BCUT2D eigenvalue weighted by Gasteiger charge is -2.12. The van der Waals surface area contributed by atoms with Gasteiger partial charge in [-0.3, -0.25) is 10.1 Å². The van der Waals surface area contributed by atoms with E-state index in [4.69, 9.17) is 0 Å². The van der Waals surface area contributed by atoms with E-state index in [1.165, 1.54) is 12.1 Å². The topological polar surface area (TPSA) is 75.4 Å². The van der Waals surface area contributed by atoms with Crippen molar-refractivity contribution in [1.29, 1.82) is 0 Å². The van der Waals surface area contributed by atoms with Crippen molar-refractivity contribution in [3.8, 4) is 0 Å². The number of aliphatic hydroxyl groups excluding tert-OH is 1. The first-order valence-corrected chi connectivity index (χ1v) is 6.38. The van der Waals surface area contributed by atoms with Crippen molar-refractivity contribution in [2.45, 2.75) is 12.5 Å². The molecule has 0 unspecified atom stereocenters. The van der Waals surface area contributed by atoms with Crippen LogP contribution in [0.4, 0.5) is 11.4 Å². The molecule has 0 fully saturated rings. The second-order valence-electron chi connectivity index (χ2n) is 4.45. The molecule has 0 saturated heterocycles. The number of anilines is 1. The molecule has 104 valence electrons. The number of non-ortho nitro benzene ring substituents is 1. The van der Waals surface area contributed by atoms with Crippen LogP contribution >= 0.6 is 0 Å². The monoisotopic (exact) mass is 272 g/mol. The third-order valence-corrected chi connectivity index (χ3v) is 3.01. The molecule has 0 spiro atoms. The van der Waals surface area contributed by atoms with Gasteiger partial charge in [-0.15, -0.1) is 0 Å². The standard InChI is InChI=1S/C15H16N2O3/c18-15(12-4-2-1-3-5-12)10-11-16-13-6-8-14(9-7-13)17(19)20/h1-9,15-16,18H,10-11H2/t15-/m1/s1. The average Bonchev–Trinajstić information content (AvgIpc) is 2.48. The molecule has 1 atom stereocenters. The van der Waals surface area contributed by atoms with Crippen molar-refractivity contribution in [3.63, 3.8) is 0 Å². The maximum atomic E-state index is 10.5. The Morgan fingerprint density at radius 3 is 2.35 bits per heavy atom. The summed E-state index contributed by atoms with van der Waals surface area (Å²) in [6.07, 6.45) is 0.0582. The van der Waals surface area contributed by atoms with Gasteiger partial charge in [0.05, 0.1) is 11.0 Å². The summed E-state index contributed by atoms with van der Waals surface area (Å²) in [5, 5.41) is 23.6. The predicted molar refractivity (Wildman–Crippen MR) is 77.6 cm³/mol. The highest BCUT2D eigenvalue weighted by Crippen LogP contribution is 2.18. The smallest absolute Gasteiger partial charge is 0.269 e. The number of rotatable bonds is 6. The Morgan fingerprint density at radius 1 is 1.10 bits per heavy atom. The van der Waals surface area contributed by atoms with Crippen LogP contribution in [0, 0.1) is 10.1 Å². The second kappa shape index (κ2) is 6.68. The van der Waals surface area contributed by atoms with Gasteiger partial charge in [-0.2, -0.15) is 0 Å². The van der Waals surface area contributed by atoms with Gasteiger partial charge in [-0.1, -0.05) is 30.3 Å². The van der Waals surface area contributed by atoms with Crippen LogP contribution in [0.1, 0.15) is 18.1 Å². The van der Waals surface area contributed by atoms with E-state index in [9.17, 15) is 15.2 Å². The first kappa shape index (κ1) is 14.0. The zero-order chi connectivity index (χ0) is 14.4. The molecule has 2 aromatic rings. The molecule has 0 amide bonds. The van der Waals surface area contributed by atoms with Gasteiger partial charge in [-0.05, 0) is 24.1 Å². The number of nitrogens with zero attached hydrogens (tertiary/aromatic N) is 1. The molecule has 0 heterocycles. The highest BCUT2D eigenvalue weighted by molar-refractivity contribution is 5.48. The number of benzene rings is 2. The van der Waals surface area contributed by atoms with Gasteiger partial charge in [0.2, 0.25) is 0 Å². The van der Waals surface area contributed by atoms with Crippen LogP contribution in [-0.2, 0) is 0 Å². The van der Waals surface area contributed by atoms with Crippen molar-refractivity contribution in [3.05, 3.63) is 70.3 Å². The van der Waals surface area contributed by atoms with Crippen molar-refractivity contribution < 1.29 is 10.0 Å². The molecule has 0 radical (unpaired) electrons. The van der Waals surface area contributed by atoms with E-state index in [1.54, 1.807) is 12.1 Å². The minimum atomic E-state index is -0.512. The van der Waals surface area contributed by atoms with Crippen LogP contribution in [0.25, 0.3) is 0 Å². The third kappa shape index (κ3) is 3.80. The van der Waals surface area contributed by atoms with Crippen LogP contribution in [0.3, 0.4) is 0 Å². The average molecular weight is 272 g/mol. The maximum Gasteiger partial charge on any atom is 0.269 e. The molecule has 0 aliphatic rings. The number of nitrogens with one attached hydrogen (secondary N) is 1. The largest absolute Gasteiger partial charge is 0.388 e. The Bertz CT molecular complexity index is 555. The summed E-state index contributed by atoms with van der Waals surface area (Å²) in [4.78, 5) is 10.1. The SMILES string of the molecule is O=[N+]([O-])c1ccc(NCC[C@@H](O)c2ccccc2)cc1. The quantitative estimate of drug-likeness (QED) is 0.625. The van der Waals surface area contributed by atoms with Crippen LogP contribution in [0.15, 0.2) is 54.6 Å². The van der Waals surface area contributed by atoms with E-state index >= 15 is 0 Å². The van der Waals surface area contributed by atoms with Gasteiger partial charge in [0.25, 0.3) is 5.69 Å². The summed E-state index contributed by atoms with van der Waals surface area (Å²) >= 11 is 0. The van der Waals surface area contributed by atoms with E-state index < -0.39 is 11.0 Å². The normalized spacial score (nSPS) is 11.8. The fourth-order valence-electron chi connectivity index (χ4n) is 1.90. The maximum absolute atomic E-state index is 10.5. The summed E-state index contributed by atoms with van der Waals surface area (Å²) in [7, 11) is 0. The molecule has 20 heavy (non-hydrogen) atoms. The Labute approximate surface area is 117 Å². The molecule has 0 aliphatic heterocycles. The molecular weight excluding hydrogens is 256 g/mol. The summed E-state index contributed by atoms with van der Waals surface area (Å²) < 4.78 is 0. The molecule has 0 saturated carbocycles. The molecule has 0 bridgehead atoms. The van der Waals surface area contributed by atoms with Gasteiger partial charge in [0, 0.05) is 24.4 Å². The zero-order valence-corrected chi connectivity index (χ0v) is 10.9. The van der Waals surface area contributed by atoms with Crippen molar-refractivity contribution in [1.82, 2.24) is 0 Å². The minimum absolute atomic E-state index is 0.0693. The third-order valence-electron chi connectivity index (χ3n) is 3.01. The molecule has 2 N–H and O–H groups in total. The van der Waals surface area contributed by atoms with Crippen molar-refractivity contribution >= 4 is 11.4 Å². The lowest BCUT2D eigenvalue weighted by Crippen LogP contribution is -2.07. The first-order valence-electron chi connectivity index (χ1n) is 6.38. The van der Waals surface area contributed by atoms with Crippen molar-refractivity contribution in [2.75, 3.05) is 11.9 Å². The highest BCUT2D eigenvalue weighted by Gasteiger charge is 2.07. The Kier molecular flexibility index (Phi) is 4.68. The predicted octanol–water partition coefficient (Wildman–Crippen LogP) is 3.13. The minimum Gasteiger partial charge on any atom is -0.388 e. The molecule has 5 heteroatoms. The molecule has 5 nitrogen and oxygen atoms in total. The fourth-order valence-corrected chi connectivity index (χ4v) is 1.90. The van der Waals surface area contributed by atoms with Gasteiger partial charge in [0.1, 0.15) is 0 Å². The number of nitro benzene ring substituents is 1. The van der Waals surface area contributed by atoms with Crippen LogP contribution < -0.4 is 5.32 Å². The summed E-state index contributed by atoms with van der Waals surface area (Å²) in [5.74, 6) is 0. The van der Waals surface area contributed by atoms with E-state index in [2.05, 4.69) is 5.32 Å². The van der Waals surface area contributed by atoms with Gasteiger partial charge < -0.3 is 10.4 Å². The number of aliphatic hydroxyl groups is 1. The number of nitro groups is 1. The second-order valence-corrected chi connectivity index (χ2v) is 4.45. The van der Waals surface area contributed by atoms with Gasteiger partial charge in [-0.25, -0.2) is 0 Å². The number of hydrogen-bond donors (Lipinski definition) is 2.